The Kier molecular flexibility index (Phi) is 5.55. The summed E-state index contributed by atoms with van der Waals surface area (Å²) in [6, 6.07) is -0.151. The predicted octanol–water partition coefficient (Wildman–Crippen LogP) is 1.55. The van der Waals surface area contributed by atoms with Crippen LogP contribution in [-0.2, 0) is 19.6 Å². The minimum Gasteiger partial charge on any atom is -0.469 e. The van der Waals surface area contributed by atoms with Crippen molar-refractivity contribution in [3.63, 3.8) is 0 Å². The zero-order valence-corrected chi connectivity index (χ0v) is 12.6. The number of carbonyl (C=O) groups excluding carboxylic acids is 1. The summed E-state index contributed by atoms with van der Waals surface area (Å²) in [6.07, 6.45) is 3.41. The number of ether oxygens (including phenoxy) is 1. The molecule has 0 heterocycles. The molecule has 0 aliphatic heterocycles. The Balaban J connectivity index is 3.03. The van der Waals surface area contributed by atoms with Gasteiger partial charge in [-0.15, -0.1) is 6.58 Å². The van der Waals surface area contributed by atoms with Crippen LogP contribution in [0.3, 0.4) is 0 Å². The Morgan fingerprint density at radius 2 is 2.11 bits per heavy atom. The van der Waals surface area contributed by atoms with Crippen molar-refractivity contribution in [2.24, 2.45) is 5.92 Å². The van der Waals surface area contributed by atoms with Crippen molar-refractivity contribution in [3.8, 4) is 0 Å². The van der Waals surface area contributed by atoms with Gasteiger partial charge in [-0.05, 0) is 26.7 Å². The molecule has 0 saturated heterocycles. The Morgan fingerprint density at radius 1 is 1.47 bits per heavy atom. The largest absolute Gasteiger partial charge is 0.469 e. The number of esters is 1. The molecule has 1 rings (SSSR count). The van der Waals surface area contributed by atoms with Crippen LogP contribution in [0.4, 0.5) is 0 Å². The summed E-state index contributed by atoms with van der Waals surface area (Å²) >= 11 is 0. The SMILES string of the molecule is C=CCN(C(C)C)S(=O)(=O)C1CCCC1C(=O)OC. The maximum Gasteiger partial charge on any atom is 0.310 e. The van der Waals surface area contributed by atoms with Gasteiger partial charge < -0.3 is 4.74 Å². The van der Waals surface area contributed by atoms with Gasteiger partial charge in [-0.3, -0.25) is 4.79 Å². The average Bonchev–Trinajstić information content (AvgIpc) is 2.84. The number of carbonyl (C=O) groups is 1. The average molecular weight is 289 g/mol. The highest BCUT2D eigenvalue weighted by Gasteiger charge is 2.45. The molecule has 1 aliphatic rings. The molecule has 110 valence electrons. The highest BCUT2D eigenvalue weighted by molar-refractivity contribution is 7.89. The Morgan fingerprint density at radius 3 is 2.58 bits per heavy atom. The van der Waals surface area contributed by atoms with Gasteiger partial charge >= 0.3 is 5.97 Å². The maximum atomic E-state index is 12.7. The van der Waals surface area contributed by atoms with Gasteiger partial charge in [-0.2, -0.15) is 4.31 Å². The first-order valence-electron chi connectivity index (χ1n) is 6.55. The van der Waals surface area contributed by atoms with Crippen LogP contribution < -0.4 is 0 Å². The van der Waals surface area contributed by atoms with E-state index in [9.17, 15) is 13.2 Å². The molecule has 1 aliphatic carbocycles. The van der Waals surface area contributed by atoms with Crippen LogP contribution >= 0.6 is 0 Å². The lowest BCUT2D eigenvalue weighted by Crippen LogP contribution is -2.45. The van der Waals surface area contributed by atoms with E-state index in [1.54, 1.807) is 6.08 Å². The van der Waals surface area contributed by atoms with Gasteiger partial charge in [0.15, 0.2) is 0 Å². The fourth-order valence-corrected chi connectivity index (χ4v) is 4.99. The lowest BCUT2D eigenvalue weighted by molar-refractivity contribution is -0.145. The van der Waals surface area contributed by atoms with Gasteiger partial charge in [-0.1, -0.05) is 12.5 Å². The van der Waals surface area contributed by atoms with Crippen LogP contribution in [0.1, 0.15) is 33.1 Å². The first-order chi connectivity index (χ1) is 8.86. The topological polar surface area (TPSA) is 63.7 Å². The molecule has 0 amide bonds. The van der Waals surface area contributed by atoms with E-state index in [-0.39, 0.29) is 12.6 Å². The molecule has 2 unspecified atom stereocenters. The number of rotatable bonds is 6. The quantitative estimate of drug-likeness (QED) is 0.550. The second kappa shape index (κ2) is 6.52. The minimum atomic E-state index is -3.51. The first-order valence-corrected chi connectivity index (χ1v) is 8.06. The van der Waals surface area contributed by atoms with Crippen molar-refractivity contribution >= 4 is 16.0 Å². The van der Waals surface area contributed by atoms with Crippen LogP contribution in [0.2, 0.25) is 0 Å². The molecule has 0 radical (unpaired) electrons. The Bertz CT molecular complexity index is 430. The maximum absolute atomic E-state index is 12.7. The summed E-state index contributed by atoms with van der Waals surface area (Å²) in [5.74, 6) is -0.963. The fourth-order valence-electron chi connectivity index (χ4n) is 2.61. The third-order valence-electron chi connectivity index (χ3n) is 3.55. The third-order valence-corrected chi connectivity index (χ3v) is 6.10. The summed E-state index contributed by atoms with van der Waals surface area (Å²) < 4.78 is 31.5. The lowest BCUT2D eigenvalue weighted by atomic mass is 10.1. The number of methoxy groups -OCH3 is 1. The lowest BCUT2D eigenvalue weighted by Gasteiger charge is -2.29. The molecular weight excluding hydrogens is 266 g/mol. The standard InChI is InChI=1S/C13H23NO4S/c1-5-9-14(10(2)3)19(16,17)12-8-6-7-11(12)13(15)18-4/h5,10-12H,1,6-9H2,2-4H3. The van der Waals surface area contributed by atoms with E-state index in [1.807, 2.05) is 13.8 Å². The second-order valence-corrected chi connectivity index (χ2v) is 7.20. The molecule has 19 heavy (non-hydrogen) atoms. The van der Waals surface area contributed by atoms with Gasteiger partial charge in [0.25, 0.3) is 0 Å². The van der Waals surface area contributed by atoms with Crippen LogP contribution in [-0.4, -0.2) is 43.6 Å². The van der Waals surface area contributed by atoms with Crippen LogP contribution in [0.15, 0.2) is 12.7 Å². The fraction of sp³-hybridized carbons (Fsp3) is 0.769. The number of nitrogens with zero attached hydrogens (tertiary/aromatic N) is 1. The summed E-state index contributed by atoms with van der Waals surface area (Å²) in [4.78, 5) is 11.7. The van der Waals surface area contributed by atoms with E-state index in [2.05, 4.69) is 6.58 Å². The van der Waals surface area contributed by atoms with Crippen molar-refractivity contribution in [1.29, 1.82) is 0 Å². The first kappa shape index (κ1) is 16.2. The Hall–Kier alpha value is -0.880. The molecule has 5 nitrogen and oxygen atoms in total. The second-order valence-electron chi connectivity index (χ2n) is 5.10. The monoisotopic (exact) mass is 289 g/mol. The molecule has 0 aromatic rings. The zero-order valence-electron chi connectivity index (χ0n) is 11.8. The summed E-state index contributed by atoms with van der Waals surface area (Å²) in [6.45, 7) is 7.51. The molecule has 0 bridgehead atoms. The zero-order chi connectivity index (χ0) is 14.6. The smallest absolute Gasteiger partial charge is 0.310 e. The number of sulfonamides is 1. The molecule has 0 N–H and O–H groups in total. The molecule has 0 aromatic heterocycles. The van der Waals surface area contributed by atoms with E-state index in [0.717, 1.165) is 6.42 Å². The van der Waals surface area contributed by atoms with E-state index in [4.69, 9.17) is 4.74 Å². The highest BCUT2D eigenvalue weighted by Crippen LogP contribution is 2.34. The van der Waals surface area contributed by atoms with Crippen molar-refractivity contribution in [2.45, 2.75) is 44.4 Å². The summed E-state index contributed by atoms with van der Waals surface area (Å²) in [7, 11) is -2.21. The molecule has 6 heteroatoms. The van der Waals surface area contributed by atoms with Gasteiger partial charge in [-0.25, -0.2) is 8.42 Å². The molecule has 1 saturated carbocycles. The van der Waals surface area contributed by atoms with Crippen molar-refractivity contribution in [2.75, 3.05) is 13.7 Å². The summed E-state index contributed by atoms with van der Waals surface area (Å²) in [5.41, 5.74) is 0. The van der Waals surface area contributed by atoms with Gasteiger partial charge in [0.05, 0.1) is 18.3 Å². The minimum absolute atomic E-state index is 0.151. The molecule has 0 spiro atoms. The normalized spacial score (nSPS) is 23.8. The molecule has 0 aromatic carbocycles. The van der Waals surface area contributed by atoms with Crippen LogP contribution in [0.25, 0.3) is 0 Å². The van der Waals surface area contributed by atoms with Crippen LogP contribution in [0, 0.1) is 5.92 Å². The van der Waals surface area contributed by atoms with Crippen molar-refractivity contribution < 1.29 is 17.9 Å². The van der Waals surface area contributed by atoms with Crippen LogP contribution in [0.5, 0.6) is 0 Å². The number of hydrogen-bond acceptors (Lipinski definition) is 4. The van der Waals surface area contributed by atoms with Crippen molar-refractivity contribution in [1.82, 2.24) is 4.31 Å². The number of hydrogen-bond donors (Lipinski definition) is 0. The van der Waals surface area contributed by atoms with Gasteiger partial charge in [0, 0.05) is 12.6 Å². The molecule has 1 fully saturated rings. The van der Waals surface area contributed by atoms with E-state index < -0.39 is 27.2 Å². The van der Waals surface area contributed by atoms with E-state index in [0.29, 0.717) is 12.8 Å². The Labute approximate surface area is 115 Å². The van der Waals surface area contributed by atoms with E-state index in [1.165, 1.54) is 11.4 Å². The molecular formula is C13H23NO4S. The molecule has 2 atom stereocenters. The highest BCUT2D eigenvalue weighted by atomic mass is 32.2. The summed E-state index contributed by atoms with van der Waals surface area (Å²) in [5, 5.41) is -0.665. The van der Waals surface area contributed by atoms with Crippen molar-refractivity contribution in [3.05, 3.63) is 12.7 Å². The van der Waals surface area contributed by atoms with Gasteiger partial charge in [0.2, 0.25) is 10.0 Å². The van der Waals surface area contributed by atoms with E-state index >= 15 is 0 Å². The predicted molar refractivity (Wildman–Crippen MR) is 74.1 cm³/mol. The van der Waals surface area contributed by atoms with Gasteiger partial charge in [0.1, 0.15) is 0 Å². The third kappa shape index (κ3) is 3.36.